The highest BCUT2D eigenvalue weighted by atomic mass is 32.2. The lowest BCUT2D eigenvalue weighted by Gasteiger charge is -2.20. The zero-order valence-corrected chi connectivity index (χ0v) is 13.6. The predicted molar refractivity (Wildman–Crippen MR) is 79.8 cm³/mol. The third-order valence-electron chi connectivity index (χ3n) is 3.91. The molecule has 0 aliphatic heterocycles. The van der Waals surface area contributed by atoms with Gasteiger partial charge in [-0.25, -0.2) is 27.1 Å². The van der Waals surface area contributed by atoms with Crippen LogP contribution in [0, 0.1) is 6.92 Å². The summed E-state index contributed by atoms with van der Waals surface area (Å²) in [6.45, 7) is 1.67. The molecule has 6 nitrogen and oxygen atoms in total. The molecule has 2 aliphatic rings. The molecule has 8 heteroatoms. The largest absolute Gasteiger partial charge is 0.238 e. The first kappa shape index (κ1) is 16.4. The molecule has 0 amide bonds. The van der Waals surface area contributed by atoms with E-state index < -0.39 is 20.0 Å². The van der Waals surface area contributed by atoms with Gasteiger partial charge in [0.05, 0.1) is 9.79 Å². The van der Waals surface area contributed by atoms with Crippen molar-refractivity contribution < 1.29 is 16.8 Å². The van der Waals surface area contributed by atoms with Gasteiger partial charge in [0.15, 0.2) is 0 Å². The van der Waals surface area contributed by atoms with Crippen LogP contribution in [0.25, 0.3) is 0 Å². The van der Waals surface area contributed by atoms with Crippen LogP contribution in [0.15, 0.2) is 15.9 Å². The molecule has 1 aromatic rings. The molecule has 0 saturated carbocycles. The standard InChI is InChI=1S/C13H20N2O4S2/c1-9-10-6-4-2-3-5-7-11(13(9)21(15,18)19)12(8-10)20(14,16)17/h8H,2-7H2,1H3,(H2,14,16,17)(H2,15,18,19). The zero-order valence-electron chi connectivity index (χ0n) is 11.9. The van der Waals surface area contributed by atoms with Crippen molar-refractivity contribution >= 4 is 20.0 Å². The number of fused-ring (bicyclic) bond motifs is 7. The Balaban J connectivity index is 2.91. The van der Waals surface area contributed by atoms with Crippen molar-refractivity contribution in [2.75, 3.05) is 0 Å². The summed E-state index contributed by atoms with van der Waals surface area (Å²) in [6.07, 6.45) is 4.52. The summed E-state index contributed by atoms with van der Waals surface area (Å²) < 4.78 is 47.6. The minimum absolute atomic E-state index is 0.0640. The molecule has 118 valence electrons. The Morgan fingerprint density at radius 2 is 1.48 bits per heavy atom. The van der Waals surface area contributed by atoms with Gasteiger partial charge in [-0.1, -0.05) is 12.8 Å². The fraction of sp³-hybridized carbons (Fsp3) is 0.538. The number of benzene rings is 1. The Labute approximate surface area is 125 Å². The summed E-state index contributed by atoms with van der Waals surface area (Å²) in [7, 11) is -8.00. The molecule has 0 atom stereocenters. The number of aryl methyl sites for hydroxylation is 1. The van der Waals surface area contributed by atoms with Gasteiger partial charge in [0, 0.05) is 0 Å². The van der Waals surface area contributed by atoms with Gasteiger partial charge in [0.2, 0.25) is 20.0 Å². The van der Waals surface area contributed by atoms with Crippen LogP contribution >= 0.6 is 0 Å². The zero-order chi connectivity index (χ0) is 15.8. The van der Waals surface area contributed by atoms with Crippen molar-refractivity contribution in [2.24, 2.45) is 10.3 Å². The molecule has 0 unspecified atom stereocenters. The molecule has 4 N–H and O–H groups in total. The Kier molecular flexibility index (Phi) is 4.44. The van der Waals surface area contributed by atoms with Crippen molar-refractivity contribution in [3.63, 3.8) is 0 Å². The van der Waals surface area contributed by atoms with Crippen LogP contribution in [0.4, 0.5) is 0 Å². The van der Waals surface area contributed by atoms with Gasteiger partial charge in [0.1, 0.15) is 0 Å². The average Bonchev–Trinajstić information content (AvgIpc) is 2.33. The third-order valence-corrected chi connectivity index (χ3v) is 6.01. The van der Waals surface area contributed by atoms with Crippen LogP contribution in [0.5, 0.6) is 0 Å². The molecular formula is C13H20N2O4S2. The molecule has 3 rings (SSSR count). The topological polar surface area (TPSA) is 120 Å². The highest BCUT2D eigenvalue weighted by Gasteiger charge is 2.27. The second kappa shape index (κ2) is 5.68. The second-order valence-corrected chi connectivity index (χ2v) is 8.50. The molecule has 0 saturated heterocycles. The number of hydrogen-bond acceptors (Lipinski definition) is 4. The third kappa shape index (κ3) is 3.45. The van der Waals surface area contributed by atoms with E-state index in [1.165, 1.54) is 6.07 Å². The van der Waals surface area contributed by atoms with E-state index in [4.69, 9.17) is 10.3 Å². The summed E-state index contributed by atoms with van der Waals surface area (Å²) in [5, 5.41) is 10.6. The maximum atomic E-state index is 11.9. The fourth-order valence-electron chi connectivity index (χ4n) is 2.94. The van der Waals surface area contributed by atoms with Crippen molar-refractivity contribution in [3.8, 4) is 0 Å². The lowest BCUT2D eigenvalue weighted by atomic mass is 9.94. The lowest BCUT2D eigenvalue weighted by Crippen LogP contribution is -2.23. The Morgan fingerprint density at radius 1 is 0.905 bits per heavy atom. The smallest absolute Gasteiger partial charge is 0.225 e. The molecule has 21 heavy (non-hydrogen) atoms. The molecule has 0 radical (unpaired) electrons. The normalized spacial score (nSPS) is 16.9. The molecule has 2 bridgehead atoms. The summed E-state index contributed by atoms with van der Waals surface area (Å²) in [6, 6.07) is 1.51. The van der Waals surface area contributed by atoms with Crippen LogP contribution in [-0.2, 0) is 32.9 Å². The van der Waals surface area contributed by atoms with Crippen LogP contribution in [-0.4, -0.2) is 16.8 Å². The van der Waals surface area contributed by atoms with Crippen LogP contribution in [0.1, 0.15) is 42.4 Å². The Morgan fingerprint density at radius 3 is 2.00 bits per heavy atom. The van der Waals surface area contributed by atoms with Crippen LogP contribution in [0.2, 0.25) is 0 Å². The number of sulfonamides is 2. The van der Waals surface area contributed by atoms with Gasteiger partial charge in [-0.3, -0.25) is 0 Å². The highest BCUT2D eigenvalue weighted by Crippen LogP contribution is 2.32. The number of primary sulfonamides is 2. The minimum atomic E-state index is -4.01. The SMILES string of the molecule is Cc1c2cc(S(N)(=O)=O)c(c1S(N)(=O)=O)CCCCCC2. The summed E-state index contributed by atoms with van der Waals surface area (Å²) in [5.41, 5.74) is 1.47. The van der Waals surface area contributed by atoms with Gasteiger partial charge < -0.3 is 0 Å². The van der Waals surface area contributed by atoms with Gasteiger partial charge in [-0.15, -0.1) is 0 Å². The lowest BCUT2D eigenvalue weighted by molar-refractivity contribution is 0.582. The van der Waals surface area contributed by atoms with E-state index in [9.17, 15) is 16.8 Å². The first-order valence-electron chi connectivity index (χ1n) is 6.83. The summed E-state index contributed by atoms with van der Waals surface area (Å²) >= 11 is 0. The van der Waals surface area contributed by atoms with Crippen LogP contribution < -0.4 is 10.3 Å². The molecule has 0 spiro atoms. The van der Waals surface area contributed by atoms with E-state index in [0.717, 1.165) is 19.3 Å². The van der Waals surface area contributed by atoms with Crippen LogP contribution in [0.3, 0.4) is 0 Å². The Hall–Kier alpha value is -0.960. The van der Waals surface area contributed by atoms with E-state index in [1.807, 2.05) is 0 Å². The Bertz CT molecular complexity index is 768. The maximum Gasteiger partial charge on any atom is 0.238 e. The highest BCUT2D eigenvalue weighted by molar-refractivity contribution is 7.90. The molecule has 0 heterocycles. The molecule has 0 aromatic heterocycles. The summed E-state index contributed by atoms with van der Waals surface area (Å²) in [4.78, 5) is -0.167. The summed E-state index contributed by atoms with van der Waals surface area (Å²) in [5.74, 6) is 0. The fourth-order valence-corrected chi connectivity index (χ4v) is 4.98. The molecule has 2 aliphatic carbocycles. The second-order valence-electron chi connectivity index (χ2n) is 5.47. The van der Waals surface area contributed by atoms with Crippen molar-refractivity contribution in [3.05, 3.63) is 22.8 Å². The van der Waals surface area contributed by atoms with E-state index in [-0.39, 0.29) is 15.4 Å². The average molecular weight is 332 g/mol. The maximum absolute atomic E-state index is 11.9. The first-order chi connectivity index (χ1) is 9.62. The van der Waals surface area contributed by atoms with E-state index in [0.29, 0.717) is 30.4 Å². The van der Waals surface area contributed by atoms with Gasteiger partial charge in [0.25, 0.3) is 0 Å². The van der Waals surface area contributed by atoms with Crippen molar-refractivity contribution in [2.45, 2.75) is 55.2 Å². The quantitative estimate of drug-likeness (QED) is 0.837. The molecule has 0 fully saturated rings. The van der Waals surface area contributed by atoms with E-state index >= 15 is 0 Å². The molecular weight excluding hydrogens is 312 g/mol. The van der Waals surface area contributed by atoms with E-state index in [1.54, 1.807) is 6.92 Å². The predicted octanol–water partition coefficient (Wildman–Crippen LogP) is 0.949. The number of rotatable bonds is 2. The number of hydrogen-bond donors (Lipinski definition) is 2. The van der Waals surface area contributed by atoms with Gasteiger partial charge >= 0.3 is 0 Å². The van der Waals surface area contributed by atoms with Crippen molar-refractivity contribution in [1.82, 2.24) is 0 Å². The molecule has 1 aromatic carbocycles. The minimum Gasteiger partial charge on any atom is -0.225 e. The number of nitrogens with two attached hydrogens (primary N) is 2. The van der Waals surface area contributed by atoms with Gasteiger partial charge in [-0.05, 0) is 55.4 Å². The van der Waals surface area contributed by atoms with Gasteiger partial charge in [-0.2, -0.15) is 0 Å². The van der Waals surface area contributed by atoms with Crippen molar-refractivity contribution in [1.29, 1.82) is 0 Å². The van der Waals surface area contributed by atoms with E-state index in [2.05, 4.69) is 0 Å². The first-order valence-corrected chi connectivity index (χ1v) is 9.92. The monoisotopic (exact) mass is 332 g/mol.